The van der Waals surface area contributed by atoms with E-state index in [9.17, 15) is 0 Å². The van der Waals surface area contributed by atoms with Crippen molar-refractivity contribution in [3.05, 3.63) is 10.1 Å². The monoisotopic (exact) mass is 325 g/mol. The molecular weight excluding hydrogens is 325 g/mol. The minimum atomic E-state index is -0.701. The molecule has 0 N–H and O–H groups in total. The fourth-order valence-electron chi connectivity index (χ4n) is 0. The number of hydrogen-bond donors (Lipinski definition) is 0. The Labute approximate surface area is 72.3 Å². The molecule has 0 aliphatic rings. The average molecular weight is 328 g/mol. The Morgan fingerprint density at radius 2 is 1.50 bits per heavy atom. The van der Waals surface area contributed by atoms with Gasteiger partial charge in [0.25, 0.3) is 0 Å². The van der Waals surface area contributed by atoms with Gasteiger partial charge in [0.05, 0.1) is 0 Å². The van der Waals surface area contributed by atoms with E-state index in [1.165, 1.54) is 0 Å². The minimum absolute atomic E-state index is 0.500. The van der Waals surface area contributed by atoms with Crippen molar-refractivity contribution in [3.8, 4) is 0 Å². The van der Waals surface area contributed by atoms with E-state index in [-0.39, 0.29) is 0 Å². The van der Waals surface area contributed by atoms with Crippen LogP contribution >= 0.6 is 42.2 Å². The van der Waals surface area contributed by atoms with Gasteiger partial charge in [-0.25, -0.2) is 0 Å². The lowest BCUT2D eigenvalue weighted by Crippen LogP contribution is -1.79. The molecule has 0 heterocycles. The van der Waals surface area contributed by atoms with Crippen molar-refractivity contribution in [1.82, 2.24) is 0 Å². The van der Waals surface area contributed by atoms with E-state index in [1.807, 2.05) is 0 Å². The first-order valence-corrected chi connectivity index (χ1v) is 11.0. The molecule has 0 aliphatic heterocycles. The Balaban J connectivity index is 0. The van der Waals surface area contributed by atoms with Crippen molar-refractivity contribution in [2.24, 2.45) is 0 Å². The minimum Gasteiger partial charge on any atom is -0.265 e. The molecule has 8 heavy (non-hydrogen) atoms. The van der Waals surface area contributed by atoms with Gasteiger partial charge >= 0.3 is 8.67 Å². The highest BCUT2D eigenvalue weighted by Crippen LogP contribution is 2.07. The predicted octanol–water partition coefficient (Wildman–Crippen LogP) is 2.05. The van der Waals surface area contributed by atoms with E-state index in [0.717, 1.165) is 7.05 Å². The molecule has 0 aromatic carbocycles. The molecule has 0 spiro atoms. The van der Waals surface area contributed by atoms with Crippen LogP contribution in [0.25, 0.3) is 0 Å². The zero-order valence-electron chi connectivity index (χ0n) is 3.97. The summed E-state index contributed by atoms with van der Waals surface area (Å²) in [5.74, 6) is 0. The standard InChI is InChI=1S/CH3NO2.Al.3BrH/c1-2(3)4;;;;/h1H3;;3*1H/q;+3;;;/p-3. The summed E-state index contributed by atoms with van der Waals surface area (Å²) in [4.78, 5) is 8.31. The lowest BCUT2D eigenvalue weighted by Gasteiger charge is -1.63. The van der Waals surface area contributed by atoms with Crippen LogP contribution in [0.4, 0.5) is 0 Å². The summed E-state index contributed by atoms with van der Waals surface area (Å²) in [5.41, 5.74) is 0. The number of nitrogens with zero attached hydrogens (tertiary/aromatic N) is 1. The maximum Gasteiger partial charge on any atom is 0.542 e. The first kappa shape index (κ1) is 12.1. The molecule has 0 amide bonds. The second kappa shape index (κ2) is 8.37. The van der Waals surface area contributed by atoms with Crippen LogP contribution in [0, 0.1) is 10.1 Å². The molecule has 48 valence electrons. The third kappa shape index (κ3) is 159. The van der Waals surface area contributed by atoms with E-state index in [2.05, 4.69) is 42.2 Å². The summed E-state index contributed by atoms with van der Waals surface area (Å²) in [6, 6.07) is 0. The first-order chi connectivity index (χ1) is 3.46. The summed E-state index contributed by atoms with van der Waals surface area (Å²) in [5, 5.41) is 8.81. The maximum absolute atomic E-state index is 8.81. The molecule has 0 aromatic heterocycles. The average Bonchev–Trinajstić information content (AvgIpc) is 1.25. The molecule has 0 rings (SSSR count). The van der Waals surface area contributed by atoms with Crippen molar-refractivity contribution < 1.29 is 4.92 Å². The quantitative estimate of drug-likeness (QED) is 0.388. The number of halogens is 3. The second-order valence-corrected chi connectivity index (χ2v) is 20.5. The molecule has 3 nitrogen and oxygen atoms in total. The van der Waals surface area contributed by atoms with Gasteiger partial charge in [-0.3, -0.25) is 10.1 Å². The summed E-state index contributed by atoms with van der Waals surface area (Å²) >= 11 is 9.73. The van der Waals surface area contributed by atoms with E-state index in [4.69, 9.17) is 10.1 Å². The lowest BCUT2D eigenvalue weighted by molar-refractivity contribution is -0.445. The molecule has 0 atom stereocenters. The summed E-state index contributed by atoms with van der Waals surface area (Å²) < 4.78 is 0. The van der Waals surface area contributed by atoms with Gasteiger partial charge < -0.3 is 0 Å². The van der Waals surface area contributed by atoms with E-state index < -0.39 is 13.6 Å². The van der Waals surface area contributed by atoms with Crippen LogP contribution in [-0.4, -0.2) is 20.6 Å². The van der Waals surface area contributed by atoms with Crippen LogP contribution in [0.15, 0.2) is 0 Å². The van der Waals surface area contributed by atoms with Crippen molar-refractivity contribution >= 4 is 50.8 Å². The van der Waals surface area contributed by atoms with Gasteiger partial charge in [-0.05, 0) is 0 Å². The van der Waals surface area contributed by atoms with Crippen LogP contribution in [0.2, 0.25) is 0 Å². The van der Waals surface area contributed by atoms with Crippen molar-refractivity contribution in [1.29, 1.82) is 0 Å². The Kier molecular flexibility index (Phi) is 12.7. The lowest BCUT2D eigenvalue weighted by atomic mass is 11.5. The first-order valence-electron chi connectivity index (χ1n) is 1.47. The van der Waals surface area contributed by atoms with Gasteiger partial charge in [0, 0.05) is 4.92 Å². The van der Waals surface area contributed by atoms with E-state index >= 15 is 0 Å². The highest BCUT2D eigenvalue weighted by atomic mass is 80.0. The molecule has 0 bridgehead atoms. The molecule has 7 heteroatoms. The second-order valence-electron chi connectivity index (χ2n) is 0.687. The summed E-state index contributed by atoms with van der Waals surface area (Å²) in [7, 11) is 0.187. The Bertz CT molecular complexity index is 61.5. The van der Waals surface area contributed by atoms with Gasteiger partial charge in [-0.15, -0.1) is 0 Å². The molecule has 0 saturated heterocycles. The molecule has 0 fully saturated rings. The Morgan fingerprint density at radius 1 is 1.50 bits per heavy atom. The van der Waals surface area contributed by atoms with Crippen LogP contribution in [0.5, 0.6) is 0 Å². The molecule has 0 aliphatic carbocycles. The maximum atomic E-state index is 8.81. The van der Waals surface area contributed by atoms with E-state index in [1.54, 1.807) is 0 Å². The van der Waals surface area contributed by atoms with E-state index in [0.29, 0.717) is 0 Å². The predicted molar refractivity (Wildman–Crippen MR) is 45.5 cm³/mol. The van der Waals surface area contributed by atoms with Crippen molar-refractivity contribution in [2.45, 2.75) is 0 Å². The fraction of sp³-hybridized carbons (Fsp3) is 1.00. The molecule has 0 aromatic rings. The molecular formula is CH3AlBr3NO2. The third-order valence-corrected chi connectivity index (χ3v) is 0. The van der Waals surface area contributed by atoms with Gasteiger partial charge in [0.2, 0.25) is 0 Å². The van der Waals surface area contributed by atoms with Crippen LogP contribution in [0.3, 0.4) is 0 Å². The zero-order valence-corrected chi connectivity index (χ0v) is 9.89. The largest absolute Gasteiger partial charge is 0.542 e. The highest BCUT2D eigenvalue weighted by molar-refractivity contribution is 9.69. The van der Waals surface area contributed by atoms with Crippen LogP contribution in [-0.2, 0) is 0 Å². The highest BCUT2D eigenvalue weighted by Gasteiger charge is 1.95. The van der Waals surface area contributed by atoms with Crippen LogP contribution < -0.4 is 0 Å². The van der Waals surface area contributed by atoms with Gasteiger partial charge in [-0.1, -0.05) is 0 Å². The number of nitro groups is 1. The summed E-state index contributed by atoms with van der Waals surface area (Å²) in [6.45, 7) is 0. The number of hydrogen-bond acceptors (Lipinski definition) is 2. The number of rotatable bonds is 0. The van der Waals surface area contributed by atoms with Gasteiger partial charge in [0.1, 0.15) is 0 Å². The Hall–Kier alpha value is 1.37. The van der Waals surface area contributed by atoms with Crippen molar-refractivity contribution in [3.63, 3.8) is 0 Å². The zero-order chi connectivity index (χ0) is 7.15. The topological polar surface area (TPSA) is 43.1 Å². The van der Waals surface area contributed by atoms with Gasteiger partial charge in [0.15, 0.2) is 7.05 Å². The van der Waals surface area contributed by atoms with Gasteiger partial charge in [-0.2, -0.15) is 42.2 Å². The SMILES string of the molecule is C[N+](=O)[O-].[Br][Al]([Br])[Br]. The summed E-state index contributed by atoms with van der Waals surface area (Å²) in [6.07, 6.45) is 0. The third-order valence-electron chi connectivity index (χ3n) is 0. The molecule has 0 saturated carbocycles. The molecule has 0 radical (unpaired) electrons. The smallest absolute Gasteiger partial charge is 0.265 e. The Morgan fingerprint density at radius 3 is 1.50 bits per heavy atom. The molecule has 0 unspecified atom stereocenters. The van der Waals surface area contributed by atoms with Crippen molar-refractivity contribution in [2.75, 3.05) is 7.05 Å². The van der Waals surface area contributed by atoms with Crippen LogP contribution in [0.1, 0.15) is 0 Å². The normalized spacial score (nSPS) is 6.50. The fourth-order valence-corrected chi connectivity index (χ4v) is 0.